The lowest BCUT2D eigenvalue weighted by Crippen LogP contribution is -2.13. The van der Waals surface area contributed by atoms with Crippen LogP contribution in [0.3, 0.4) is 0 Å². The summed E-state index contributed by atoms with van der Waals surface area (Å²) >= 11 is 5.87. The maximum absolute atomic E-state index is 13.0. The highest BCUT2D eigenvalue weighted by Crippen LogP contribution is 2.19. The zero-order valence-corrected chi connectivity index (χ0v) is 12.9. The number of amides is 1. The summed E-state index contributed by atoms with van der Waals surface area (Å²) in [5.74, 6) is 0.585. The summed E-state index contributed by atoms with van der Waals surface area (Å²) in [7, 11) is 0. The van der Waals surface area contributed by atoms with Gasteiger partial charge < -0.3 is 5.32 Å². The zero-order chi connectivity index (χ0) is 16.4. The first-order valence-corrected chi connectivity index (χ1v) is 7.15. The molecule has 1 aromatic carbocycles. The van der Waals surface area contributed by atoms with Crippen molar-refractivity contribution in [3.05, 3.63) is 71.2 Å². The van der Waals surface area contributed by atoms with E-state index in [-0.39, 0.29) is 10.6 Å². The largest absolute Gasteiger partial charge is 0.321 e. The second kappa shape index (κ2) is 6.18. The summed E-state index contributed by atoms with van der Waals surface area (Å²) in [5.41, 5.74) is 0.708. The highest BCUT2D eigenvalue weighted by Gasteiger charge is 2.12. The van der Waals surface area contributed by atoms with Crippen molar-refractivity contribution in [1.82, 2.24) is 14.5 Å². The number of carbonyl (C=O) groups is 1. The molecule has 0 radical (unpaired) electrons. The van der Waals surface area contributed by atoms with Gasteiger partial charge in [-0.2, -0.15) is 0 Å². The number of hydrogen-bond donors (Lipinski definition) is 1. The van der Waals surface area contributed by atoms with E-state index < -0.39 is 11.7 Å². The maximum atomic E-state index is 13.0. The van der Waals surface area contributed by atoms with Gasteiger partial charge in [0.2, 0.25) is 0 Å². The molecule has 0 atom stereocenters. The van der Waals surface area contributed by atoms with E-state index >= 15 is 0 Å². The van der Waals surface area contributed by atoms with Gasteiger partial charge in [0.25, 0.3) is 5.91 Å². The average molecular weight is 331 g/mol. The number of pyridine rings is 1. The fourth-order valence-electron chi connectivity index (χ4n) is 2.09. The lowest BCUT2D eigenvalue weighted by atomic mass is 10.2. The number of anilines is 1. The van der Waals surface area contributed by atoms with Crippen LogP contribution < -0.4 is 5.32 Å². The lowest BCUT2D eigenvalue weighted by molar-refractivity contribution is 0.102. The summed E-state index contributed by atoms with van der Waals surface area (Å²) < 4.78 is 14.8. The molecule has 0 aliphatic carbocycles. The summed E-state index contributed by atoms with van der Waals surface area (Å²) in [6.07, 6.45) is 5.02. The molecular formula is C16H12ClFN4O. The molecular weight excluding hydrogens is 319 g/mol. The monoisotopic (exact) mass is 330 g/mol. The van der Waals surface area contributed by atoms with Crippen molar-refractivity contribution >= 4 is 23.2 Å². The van der Waals surface area contributed by atoms with Crippen molar-refractivity contribution in [3.63, 3.8) is 0 Å². The normalized spacial score (nSPS) is 10.6. The standard InChI is InChI=1S/C16H12ClFN4O/c1-10-19-6-7-22(10)15-5-3-12(9-20-15)21-16(23)13-4-2-11(18)8-14(13)17/h2-9H,1H3,(H,21,23). The van der Waals surface area contributed by atoms with Crippen LogP contribution in [0.15, 0.2) is 48.9 Å². The molecule has 116 valence electrons. The van der Waals surface area contributed by atoms with Gasteiger partial charge in [0.1, 0.15) is 17.5 Å². The SMILES string of the molecule is Cc1nccn1-c1ccc(NC(=O)c2ccc(F)cc2Cl)cn1. The number of aryl methyl sites for hydroxylation is 1. The summed E-state index contributed by atoms with van der Waals surface area (Å²) in [5, 5.41) is 2.73. The van der Waals surface area contributed by atoms with Crippen molar-refractivity contribution in [2.75, 3.05) is 5.32 Å². The number of hydrogen-bond acceptors (Lipinski definition) is 3. The Bertz CT molecular complexity index is 861. The van der Waals surface area contributed by atoms with E-state index in [2.05, 4.69) is 15.3 Å². The number of aromatic nitrogens is 3. The third-order valence-corrected chi connectivity index (χ3v) is 3.57. The lowest BCUT2D eigenvalue weighted by Gasteiger charge is -2.08. The number of nitrogens with one attached hydrogen (secondary N) is 1. The Morgan fingerprint density at radius 3 is 2.70 bits per heavy atom. The molecule has 0 bridgehead atoms. The minimum absolute atomic E-state index is 0.0566. The van der Waals surface area contributed by atoms with Gasteiger partial charge in [0.05, 0.1) is 22.5 Å². The van der Waals surface area contributed by atoms with E-state index in [9.17, 15) is 9.18 Å². The van der Waals surface area contributed by atoms with Crippen molar-refractivity contribution in [2.45, 2.75) is 6.92 Å². The average Bonchev–Trinajstić information content (AvgIpc) is 2.94. The van der Waals surface area contributed by atoms with Gasteiger partial charge in [-0.25, -0.2) is 14.4 Å². The molecule has 0 spiro atoms. The van der Waals surface area contributed by atoms with Crippen LogP contribution in [-0.4, -0.2) is 20.4 Å². The number of imidazole rings is 1. The Morgan fingerprint density at radius 1 is 1.26 bits per heavy atom. The zero-order valence-electron chi connectivity index (χ0n) is 12.1. The molecule has 0 saturated carbocycles. The number of rotatable bonds is 3. The predicted octanol–water partition coefficient (Wildman–Crippen LogP) is 3.62. The Labute approximate surface area is 136 Å². The van der Waals surface area contributed by atoms with Crippen LogP contribution in [0.25, 0.3) is 5.82 Å². The predicted molar refractivity (Wildman–Crippen MR) is 85.5 cm³/mol. The molecule has 3 rings (SSSR count). The first-order valence-electron chi connectivity index (χ1n) is 6.77. The summed E-state index contributed by atoms with van der Waals surface area (Å²) in [4.78, 5) is 20.6. The van der Waals surface area contributed by atoms with Gasteiger partial charge in [0.15, 0.2) is 0 Å². The number of halogens is 2. The van der Waals surface area contributed by atoms with E-state index in [1.807, 2.05) is 11.5 Å². The van der Waals surface area contributed by atoms with Crippen LogP contribution >= 0.6 is 11.6 Å². The first-order chi connectivity index (χ1) is 11.0. The molecule has 0 unspecified atom stereocenters. The van der Waals surface area contributed by atoms with Gasteiger partial charge in [-0.1, -0.05) is 11.6 Å². The van der Waals surface area contributed by atoms with E-state index in [1.165, 1.54) is 18.3 Å². The van der Waals surface area contributed by atoms with E-state index in [4.69, 9.17) is 11.6 Å². The fraction of sp³-hybridized carbons (Fsp3) is 0.0625. The smallest absolute Gasteiger partial charge is 0.257 e. The molecule has 2 aromatic heterocycles. The molecule has 0 aliphatic heterocycles. The molecule has 1 N–H and O–H groups in total. The third kappa shape index (κ3) is 3.22. The van der Waals surface area contributed by atoms with Crippen molar-refractivity contribution in [3.8, 4) is 5.82 Å². The molecule has 23 heavy (non-hydrogen) atoms. The highest BCUT2D eigenvalue weighted by molar-refractivity contribution is 6.34. The van der Waals surface area contributed by atoms with Crippen molar-refractivity contribution < 1.29 is 9.18 Å². The molecule has 0 saturated heterocycles. The van der Waals surface area contributed by atoms with Gasteiger partial charge in [-0.3, -0.25) is 9.36 Å². The van der Waals surface area contributed by atoms with Crippen LogP contribution in [0.4, 0.5) is 10.1 Å². The van der Waals surface area contributed by atoms with Gasteiger partial charge in [-0.05, 0) is 37.3 Å². The Kier molecular flexibility index (Phi) is 4.08. The molecule has 3 aromatic rings. The Morgan fingerprint density at radius 2 is 2.09 bits per heavy atom. The van der Waals surface area contributed by atoms with Gasteiger partial charge in [0, 0.05) is 12.4 Å². The van der Waals surface area contributed by atoms with Crippen LogP contribution in [0.2, 0.25) is 5.02 Å². The van der Waals surface area contributed by atoms with E-state index in [0.717, 1.165) is 11.9 Å². The van der Waals surface area contributed by atoms with Crippen LogP contribution in [0.1, 0.15) is 16.2 Å². The Hall–Kier alpha value is -2.73. The minimum Gasteiger partial charge on any atom is -0.321 e. The Balaban J connectivity index is 1.78. The van der Waals surface area contributed by atoms with Crippen molar-refractivity contribution in [1.29, 1.82) is 0 Å². The van der Waals surface area contributed by atoms with E-state index in [0.29, 0.717) is 11.5 Å². The first kappa shape index (κ1) is 15.2. The molecule has 0 aliphatic rings. The molecule has 2 heterocycles. The minimum atomic E-state index is -0.492. The van der Waals surface area contributed by atoms with Gasteiger partial charge >= 0.3 is 0 Å². The summed E-state index contributed by atoms with van der Waals surface area (Å²) in [6, 6.07) is 7.10. The number of carbonyl (C=O) groups excluding carboxylic acids is 1. The molecule has 7 heteroatoms. The van der Waals surface area contributed by atoms with E-state index in [1.54, 1.807) is 24.5 Å². The second-order valence-electron chi connectivity index (χ2n) is 4.83. The highest BCUT2D eigenvalue weighted by atomic mass is 35.5. The van der Waals surface area contributed by atoms with Crippen molar-refractivity contribution in [2.24, 2.45) is 0 Å². The fourth-order valence-corrected chi connectivity index (χ4v) is 2.35. The topological polar surface area (TPSA) is 59.8 Å². The van der Waals surface area contributed by atoms with Crippen LogP contribution in [0, 0.1) is 12.7 Å². The molecule has 0 fully saturated rings. The van der Waals surface area contributed by atoms with Gasteiger partial charge in [-0.15, -0.1) is 0 Å². The number of nitrogens with zero attached hydrogens (tertiary/aromatic N) is 3. The second-order valence-corrected chi connectivity index (χ2v) is 5.24. The third-order valence-electron chi connectivity index (χ3n) is 3.25. The molecule has 5 nitrogen and oxygen atoms in total. The summed E-state index contributed by atoms with van der Waals surface area (Å²) in [6.45, 7) is 1.87. The quantitative estimate of drug-likeness (QED) is 0.798. The van der Waals surface area contributed by atoms with Crippen LogP contribution in [-0.2, 0) is 0 Å². The number of benzene rings is 1. The maximum Gasteiger partial charge on any atom is 0.257 e. The molecule has 1 amide bonds. The van der Waals surface area contributed by atoms with Crippen LogP contribution in [0.5, 0.6) is 0 Å².